The Morgan fingerprint density at radius 1 is 1.26 bits per heavy atom. The van der Waals surface area contributed by atoms with Crippen molar-refractivity contribution in [2.75, 3.05) is 6.54 Å². The van der Waals surface area contributed by atoms with Crippen molar-refractivity contribution in [3.63, 3.8) is 0 Å². The third kappa shape index (κ3) is 4.92. The van der Waals surface area contributed by atoms with E-state index in [1.807, 2.05) is 0 Å². The molecular weight excluding hydrogens is 276 g/mol. The molecule has 0 aliphatic heterocycles. The second kappa shape index (κ2) is 6.58. The number of rotatable bonds is 7. The lowest BCUT2D eigenvalue weighted by molar-refractivity contribution is 0.504. The molecule has 106 valence electrons. The van der Waals surface area contributed by atoms with Crippen molar-refractivity contribution in [1.29, 1.82) is 5.41 Å². The number of sulfonamides is 1. The van der Waals surface area contributed by atoms with Gasteiger partial charge in [0.05, 0.1) is 10.7 Å². The van der Waals surface area contributed by atoms with Crippen LogP contribution >= 0.6 is 0 Å². The van der Waals surface area contributed by atoms with Crippen LogP contribution in [0.1, 0.15) is 19.3 Å². The second-order valence-corrected chi connectivity index (χ2v) is 5.72. The van der Waals surface area contributed by atoms with Gasteiger partial charge in [-0.2, -0.15) is 0 Å². The number of amidine groups is 1. The average Bonchev–Trinajstić information content (AvgIpc) is 2.31. The Hall–Kier alpha value is -1.54. The maximum absolute atomic E-state index is 12.9. The number of benzene rings is 1. The summed E-state index contributed by atoms with van der Waals surface area (Å²) in [7, 11) is -3.84. The number of nitrogens with one attached hydrogen (secondary N) is 2. The number of nitrogens with two attached hydrogens (primary N) is 1. The van der Waals surface area contributed by atoms with Crippen molar-refractivity contribution >= 4 is 15.9 Å². The van der Waals surface area contributed by atoms with Crippen molar-refractivity contribution in [2.45, 2.75) is 24.2 Å². The van der Waals surface area contributed by atoms with Crippen LogP contribution in [-0.4, -0.2) is 20.8 Å². The lowest BCUT2D eigenvalue weighted by Gasteiger charge is -2.07. The fourth-order valence-electron chi connectivity index (χ4n) is 1.37. The van der Waals surface area contributed by atoms with Gasteiger partial charge in [-0.3, -0.25) is 5.41 Å². The fraction of sp³-hybridized carbons (Fsp3) is 0.364. The molecule has 1 rings (SSSR count). The first-order valence-electron chi connectivity index (χ1n) is 5.60. The summed E-state index contributed by atoms with van der Waals surface area (Å²) in [4.78, 5) is -0.321. The normalized spacial score (nSPS) is 11.5. The van der Waals surface area contributed by atoms with Crippen LogP contribution in [0.3, 0.4) is 0 Å². The quantitative estimate of drug-likeness (QED) is 0.402. The van der Waals surface area contributed by atoms with E-state index in [9.17, 15) is 17.2 Å². The summed E-state index contributed by atoms with van der Waals surface area (Å²) >= 11 is 0. The van der Waals surface area contributed by atoms with Crippen LogP contribution < -0.4 is 10.5 Å². The molecule has 0 aliphatic rings. The molecule has 5 nitrogen and oxygen atoms in total. The monoisotopic (exact) mass is 291 g/mol. The lowest BCUT2D eigenvalue weighted by atomic mass is 10.2. The summed E-state index contributed by atoms with van der Waals surface area (Å²) in [5, 5.41) is 6.99. The van der Waals surface area contributed by atoms with E-state index in [1.165, 1.54) is 0 Å². The van der Waals surface area contributed by atoms with Gasteiger partial charge in [0.2, 0.25) is 10.0 Å². The van der Waals surface area contributed by atoms with Gasteiger partial charge in [-0.25, -0.2) is 21.9 Å². The fourth-order valence-corrected chi connectivity index (χ4v) is 2.46. The minimum absolute atomic E-state index is 0.0449. The van der Waals surface area contributed by atoms with Crippen LogP contribution in [-0.2, 0) is 10.0 Å². The number of hydrogen-bond acceptors (Lipinski definition) is 3. The summed E-state index contributed by atoms with van der Waals surface area (Å²) in [6, 6.07) is 2.39. The van der Waals surface area contributed by atoms with Gasteiger partial charge in [0.1, 0.15) is 0 Å². The molecule has 4 N–H and O–H groups in total. The smallest absolute Gasteiger partial charge is 0.240 e. The predicted molar refractivity (Wildman–Crippen MR) is 67.3 cm³/mol. The minimum atomic E-state index is -3.84. The van der Waals surface area contributed by atoms with Crippen molar-refractivity contribution in [3.05, 3.63) is 29.8 Å². The number of halogens is 2. The first kappa shape index (κ1) is 15.5. The van der Waals surface area contributed by atoms with Crippen molar-refractivity contribution < 1.29 is 17.2 Å². The molecular formula is C11H15F2N3O2S. The average molecular weight is 291 g/mol. The van der Waals surface area contributed by atoms with Crippen LogP contribution in [0.25, 0.3) is 0 Å². The molecule has 1 aromatic carbocycles. The molecule has 0 bridgehead atoms. The number of unbranched alkanes of at least 4 members (excludes halogenated alkanes) is 1. The maximum Gasteiger partial charge on any atom is 0.240 e. The summed E-state index contributed by atoms with van der Waals surface area (Å²) < 4.78 is 51.3. The zero-order chi connectivity index (χ0) is 14.5. The Morgan fingerprint density at radius 3 is 2.53 bits per heavy atom. The van der Waals surface area contributed by atoms with Gasteiger partial charge in [-0.1, -0.05) is 0 Å². The Labute approximate surface area is 110 Å². The van der Waals surface area contributed by atoms with Gasteiger partial charge >= 0.3 is 0 Å². The molecule has 0 spiro atoms. The third-order valence-electron chi connectivity index (χ3n) is 2.37. The van der Waals surface area contributed by atoms with Gasteiger partial charge < -0.3 is 5.73 Å². The molecule has 0 fully saturated rings. The molecule has 0 saturated carbocycles. The van der Waals surface area contributed by atoms with Gasteiger partial charge in [0.15, 0.2) is 11.6 Å². The van der Waals surface area contributed by atoms with E-state index in [1.54, 1.807) is 0 Å². The Kier molecular flexibility index (Phi) is 5.37. The first-order chi connectivity index (χ1) is 8.83. The number of hydrogen-bond donors (Lipinski definition) is 3. The van der Waals surface area contributed by atoms with Crippen molar-refractivity contribution in [3.8, 4) is 0 Å². The lowest BCUT2D eigenvalue weighted by Crippen LogP contribution is -2.25. The molecule has 19 heavy (non-hydrogen) atoms. The molecule has 0 unspecified atom stereocenters. The molecule has 0 atom stereocenters. The molecule has 8 heteroatoms. The summed E-state index contributed by atoms with van der Waals surface area (Å²) in [6.45, 7) is 0.147. The molecule has 0 aliphatic carbocycles. The standard InChI is InChI=1S/C11H15F2N3O2S/c12-9-5-4-8(7-10(9)13)19(17,18)16-6-2-1-3-11(14)15/h4-5,7,16H,1-3,6H2,(H3,14,15). The SMILES string of the molecule is N=C(N)CCCCNS(=O)(=O)c1ccc(F)c(F)c1. The van der Waals surface area contributed by atoms with E-state index in [2.05, 4.69) is 4.72 Å². The van der Waals surface area contributed by atoms with Gasteiger partial charge in [-0.05, 0) is 31.0 Å². The van der Waals surface area contributed by atoms with E-state index < -0.39 is 21.7 Å². The van der Waals surface area contributed by atoms with Crippen LogP contribution in [0.5, 0.6) is 0 Å². The third-order valence-corrected chi connectivity index (χ3v) is 3.83. The zero-order valence-electron chi connectivity index (χ0n) is 10.1. The van der Waals surface area contributed by atoms with E-state index in [0.29, 0.717) is 25.3 Å². The minimum Gasteiger partial charge on any atom is -0.388 e. The summed E-state index contributed by atoms with van der Waals surface area (Å²) in [5.41, 5.74) is 5.15. The Morgan fingerprint density at radius 2 is 1.95 bits per heavy atom. The van der Waals surface area contributed by atoms with E-state index >= 15 is 0 Å². The van der Waals surface area contributed by atoms with Gasteiger partial charge in [0, 0.05) is 13.0 Å². The Balaban J connectivity index is 2.56. The van der Waals surface area contributed by atoms with Crippen LogP contribution in [0.4, 0.5) is 8.78 Å². The maximum atomic E-state index is 12.9. The van der Waals surface area contributed by atoms with E-state index in [0.717, 1.165) is 12.1 Å². The second-order valence-electron chi connectivity index (χ2n) is 3.96. The largest absolute Gasteiger partial charge is 0.388 e. The molecule has 0 aromatic heterocycles. The zero-order valence-corrected chi connectivity index (χ0v) is 10.9. The van der Waals surface area contributed by atoms with Crippen molar-refractivity contribution in [2.24, 2.45) is 5.73 Å². The molecule has 0 amide bonds. The predicted octanol–water partition coefficient (Wildman–Crippen LogP) is 1.35. The highest BCUT2D eigenvalue weighted by Gasteiger charge is 2.15. The highest BCUT2D eigenvalue weighted by atomic mass is 32.2. The van der Waals surface area contributed by atoms with Gasteiger partial charge in [-0.15, -0.1) is 0 Å². The Bertz CT molecular complexity index is 561. The topological polar surface area (TPSA) is 96.0 Å². The van der Waals surface area contributed by atoms with Crippen LogP contribution in [0.15, 0.2) is 23.1 Å². The first-order valence-corrected chi connectivity index (χ1v) is 7.09. The van der Waals surface area contributed by atoms with Gasteiger partial charge in [0.25, 0.3) is 0 Å². The molecule has 0 radical (unpaired) electrons. The molecule has 0 heterocycles. The molecule has 0 saturated heterocycles. The van der Waals surface area contributed by atoms with Crippen molar-refractivity contribution in [1.82, 2.24) is 4.72 Å². The summed E-state index contributed by atoms with van der Waals surface area (Å²) in [5.74, 6) is -2.26. The van der Waals surface area contributed by atoms with Crippen LogP contribution in [0, 0.1) is 17.0 Å². The molecule has 1 aromatic rings. The highest BCUT2D eigenvalue weighted by Crippen LogP contribution is 2.13. The van der Waals surface area contributed by atoms with Crippen LogP contribution in [0.2, 0.25) is 0 Å². The van der Waals surface area contributed by atoms with E-state index in [-0.39, 0.29) is 17.3 Å². The van der Waals surface area contributed by atoms with E-state index in [4.69, 9.17) is 11.1 Å². The highest BCUT2D eigenvalue weighted by molar-refractivity contribution is 7.89. The summed E-state index contributed by atoms with van der Waals surface area (Å²) in [6.07, 6.45) is 1.48.